The third kappa shape index (κ3) is 7.67. The van der Waals surface area contributed by atoms with Crippen LogP contribution in [0.2, 0.25) is 0 Å². The summed E-state index contributed by atoms with van der Waals surface area (Å²) < 4.78 is 15.5. The number of rotatable bonds is 6. The van der Waals surface area contributed by atoms with Crippen LogP contribution < -0.4 is 4.74 Å². The molecule has 0 radical (unpaired) electrons. The normalized spacial score (nSPS) is 11.2. The van der Waals surface area contributed by atoms with Crippen molar-refractivity contribution in [1.29, 1.82) is 0 Å². The van der Waals surface area contributed by atoms with Gasteiger partial charge in [-0.3, -0.25) is 4.79 Å². The molecule has 0 heterocycles. The Labute approximate surface area is 131 Å². The van der Waals surface area contributed by atoms with E-state index in [2.05, 4.69) is 0 Å². The molecule has 0 aliphatic rings. The summed E-state index contributed by atoms with van der Waals surface area (Å²) in [5.74, 6) is -0.335. The van der Waals surface area contributed by atoms with Gasteiger partial charge in [0.05, 0.1) is 12.5 Å². The Bertz CT molecular complexity index is 514. The molecule has 0 atom stereocenters. The van der Waals surface area contributed by atoms with Crippen LogP contribution in [0.3, 0.4) is 0 Å². The third-order valence-corrected chi connectivity index (χ3v) is 2.39. The molecule has 0 aliphatic heterocycles. The maximum Gasteiger partial charge on any atom is 0.344 e. The van der Waals surface area contributed by atoms with Crippen molar-refractivity contribution in [2.45, 2.75) is 52.7 Å². The summed E-state index contributed by atoms with van der Waals surface area (Å²) in [6.07, 6.45) is 0.146. The lowest BCUT2D eigenvalue weighted by molar-refractivity contribution is -0.166. The standard InChI is InChI=1S/C17H24O5/c1-12(2)21-14-8-6-7-13(9-14)10-15(18)20-11-16(19)22-17(3,4)5/h6-9,12H,10-11H2,1-5H3. The van der Waals surface area contributed by atoms with Crippen molar-refractivity contribution < 1.29 is 23.8 Å². The molecule has 5 nitrogen and oxygen atoms in total. The lowest BCUT2D eigenvalue weighted by Crippen LogP contribution is -2.27. The number of carbonyl (C=O) groups excluding carboxylic acids is 2. The van der Waals surface area contributed by atoms with Crippen molar-refractivity contribution in [1.82, 2.24) is 0 Å². The number of hydrogen-bond donors (Lipinski definition) is 0. The Hall–Kier alpha value is -2.04. The van der Waals surface area contributed by atoms with Gasteiger partial charge in [-0.1, -0.05) is 12.1 Å². The van der Waals surface area contributed by atoms with Crippen molar-refractivity contribution in [3.63, 3.8) is 0 Å². The van der Waals surface area contributed by atoms with Gasteiger partial charge in [0, 0.05) is 0 Å². The number of carbonyl (C=O) groups is 2. The zero-order chi connectivity index (χ0) is 16.8. The van der Waals surface area contributed by atoms with E-state index in [-0.39, 0.29) is 19.1 Å². The molecule has 0 aromatic heterocycles. The van der Waals surface area contributed by atoms with Gasteiger partial charge in [-0.2, -0.15) is 0 Å². The average Bonchev–Trinajstić information content (AvgIpc) is 2.34. The van der Waals surface area contributed by atoms with Gasteiger partial charge in [0.1, 0.15) is 11.4 Å². The van der Waals surface area contributed by atoms with Crippen LogP contribution in [0.15, 0.2) is 24.3 Å². The molecule has 0 unspecified atom stereocenters. The fourth-order valence-electron chi connectivity index (χ4n) is 1.73. The van der Waals surface area contributed by atoms with Crippen molar-refractivity contribution >= 4 is 11.9 Å². The van der Waals surface area contributed by atoms with Gasteiger partial charge in [-0.15, -0.1) is 0 Å². The largest absolute Gasteiger partial charge is 0.491 e. The van der Waals surface area contributed by atoms with Gasteiger partial charge in [0.2, 0.25) is 0 Å². The molecule has 0 fully saturated rings. The van der Waals surface area contributed by atoms with Gasteiger partial charge in [0.15, 0.2) is 6.61 Å². The molecule has 0 saturated carbocycles. The minimum atomic E-state index is -0.591. The molecule has 122 valence electrons. The minimum Gasteiger partial charge on any atom is -0.491 e. The monoisotopic (exact) mass is 308 g/mol. The summed E-state index contributed by atoms with van der Waals surface area (Å²) in [4.78, 5) is 23.2. The van der Waals surface area contributed by atoms with Crippen LogP contribution in [0.5, 0.6) is 5.75 Å². The maximum atomic E-state index is 11.7. The van der Waals surface area contributed by atoms with Crippen molar-refractivity contribution in [3.8, 4) is 5.75 Å². The molecule has 0 N–H and O–H groups in total. The van der Waals surface area contributed by atoms with Crippen molar-refractivity contribution in [2.24, 2.45) is 0 Å². The van der Waals surface area contributed by atoms with Gasteiger partial charge >= 0.3 is 11.9 Å². The molecule has 0 amide bonds. The summed E-state index contributed by atoms with van der Waals surface area (Å²) in [5.41, 5.74) is 0.179. The Kier molecular flexibility index (Phi) is 6.40. The minimum absolute atomic E-state index is 0.0642. The van der Waals surface area contributed by atoms with Crippen LogP contribution in [0.4, 0.5) is 0 Å². The van der Waals surface area contributed by atoms with Crippen molar-refractivity contribution in [3.05, 3.63) is 29.8 Å². The van der Waals surface area contributed by atoms with E-state index in [0.717, 1.165) is 5.56 Å². The summed E-state index contributed by atoms with van der Waals surface area (Å²) in [6.45, 7) is 8.76. The van der Waals surface area contributed by atoms with Crippen LogP contribution in [0, 0.1) is 0 Å². The number of benzene rings is 1. The van der Waals surface area contributed by atoms with Crippen LogP contribution >= 0.6 is 0 Å². The SMILES string of the molecule is CC(C)Oc1cccc(CC(=O)OCC(=O)OC(C)(C)C)c1. The molecule has 5 heteroatoms. The Balaban J connectivity index is 2.47. The van der Waals surface area contributed by atoms with E-state index in [4.69, 9.17) is 14.2 Å². The van der Waals surface area contributed by atoms with E-state index in [9.17, 15) is 9.59 Å². The van der Waals surface area contributed by atoms with E-state index >= 15 is 0 Å². The summed E-state index contributed by atoms with van der Waals surface area (Å²) in [6, 6.07) is 7.24. The first kappa shape index (κ1) is 18.0. The second-order valence-electron chi connectivity index (χ2n) is 6.24. The maximum absolute atomic E-state index is 11.7. The molecule has 0 saturated heterocycles. The number of hydrogen-bond acceptors (Lipinski definition) is 5. The van der Waals surface area contributed by atoms with Crippen molar-refractivity contribution in [2.75, 3.05) is 6.61 Å². The Morgan fingerprint density at radius 2 is 1.82 bits per heavy atom. The molecule has 1 rings (SSSR count). The summed E-state index contributed by atoms with van der Waals surface area (Å²) in [5, 5.41) is 0. The van der Waals surface area contributed by atoms with E-state index < -0.39 is 17.5 Å². The topological polar surface area (TPSA) is 61.8 Å². The molecule has 1 aromatic carbocycles. The first-order chi connectivity index (χ1) is 10.2. The highest BCUT2D eigenvalue weighted by Gasteiger charge is 2.17. The molecule has 0 aliphatic carbocycles. The lowest BCUT2D eigenvalue weighted by atomic mass is 10.1. The van der Waals surface area contributed by atoms with Gasteiger partial charge in [-0.25, -0.2) is 4.79 Å². The molecule has 0 spiro atoms. The predicted octanol–water partition coefficient (Wildman–Crippen LogP) is 2.90. The molecule has 22 heavy (non-hydrogen) atoms. The van der Waals surface area contributed by atoms with Gasteiger partial charge in [0.25, 0.3) is 0 Å². The molecule has 1 aromatic rings. The first-order valence-electron chi connectivity index (χ1n) is 7.29. The fourth-order valence-corrected chi connectivity index (χ4v) is 1.73. The highest BCUT2D eigenvalue weighted by molar-refractivity contribution is 5.78. The third-order valence-electron chi connectivity index (χ3n) is 2.39. The number of ether oxygens (including phenoxy) is 3. The second kappa shape index (κ2) is 7.82. The highest BCUT2D eigenvalue weighted by atomic mass is 16.6. The van der Waals surface area contributed by atoms with E-state index in [1.54, 1.807) is 26.8 Å². The van der Waals surface area contributed by atoms with Crippen LogP contribution in [-0.4, -0.2) is 30.3 Å². The Morgan fingerprint density at radius 3 is 2.41 bits per heavy atom. The average molecular weight is 308 g/mol. The Morgan fingerprint density at radius 1 is 1.14 bits per heavy atom. The predicted molar refractivity (Wildman–Crippen MR) is 82.7 cm³/mol. The zero-order valence-corrected chi connectivity index (χ0v) is 13.8. The quantitative estimate of drug-likeness (QED) is 0.756. The summed E-state index contributed by atoms with van der Waals surface area (Å²) >= 11 is 0. The first-order valence-corrected chi connectivity index (χ1v) is 7.29. The zero-order valence-electron chi connectivity index (χ0n) is 13.8. The van der Waals surface area contributed by atoms with E-state index in [1.807, 2.05) is 32.0 Å². The molecular formula is C17H24O5. The van der Waals surface area contributed by atoms with Gasteiger partial charge in [-0.05, 0) is 52.3 Å². The van der Waals surface area contributed by atoms with Gasteiger partial charge < -0.3 is 14.2 Å². The second-order valence-corrected chi connectivity index (χ2v) is 6.24. The summed E-state index contributed by atoms with van der Waals surface area (Å²) in [7, 11) is 0. The molecule has 0 bridgehead atoms. The smallest absolute Gasteiger partial charge is 0.344 e. The van der Waals surface area contributed by atoms with Crippen LogP contribution in [0.25, 0.3) is 0 Å². The van der Waals surface area contributed by atoms with E-state index in [1.165, 1.54) is 0 Å². The highest BCUT2D eigenvalue weighted by Crippen LogP contribution is 2.15. The van der Waals surface area contributed by atoms with E-state index in [0.29, 0.717) is 5.75 Å². The lowest BCUT2D eigenvalue weighted by Gasteiger charge is -2.19. The number of esters is 2. The van der Waals surface area contributed by atoms with Crippen LogP contribution in [0.1, 0.15) is 40.2 Å². The fraction of sp³-hybridized carbons (Fsp3) is 0.529. The van der Waals surface area contributed by atoms with Crippen LogP contribution in [-0.2, 0) is 25.5 Å². The molecular weight excluding hydrogens is 284 g/mol.